The summed E-state index contributed by atoms with van der Waals surface area (Å²) in [5, 5.41) is 4.24. The number of nitrogens with one attached hydrogen (secondary N) is 2. The van der Waals surface area contributed by atoms with Crippen LogP contribution in [0.15, 0.2) is 48.7 Å². The normalized spacial score (nSPS) is 12.2. The zero-order chi connectivity index (χ0) is 20.1. The Morgan fingerprint density at radius 3 is 2.54 bits per heavy atom. The predicted octanol–water partition coefficient (Wildman–Crippen LogP) is 4.48. The van der Waals surface area contributed by atoms with Gasteiger partial charge in [-0.3, -0.25) is 4.79 Å². The number of hydrogen-bond acceptors (Lipinski definition) is 3. The standard InChI is InChI=1S/C23H28N2O3/c1-15(2)12-22(26)25-14-19(17-9-7-11-21(27-3)23(17)28-4)18-13-24-20-10-6-5-8-16(18)20/h5-11,13,15,19,24H,12,14H2,1-4H3,(H,25,26)/t19-/m0/s1. The number of carbonyl (C=O) groups is 1. The molecule has 0 unspecified atom stereocenters. The molecule has 1 heterocycles. The summed E-state index contributed by atoms with van der Waals surface area (Å²) in [6.07, 6.45) is 2.53. The smallest absolute Gasteiger partial charge is 0.220 e. The molecule has 0 fully saturated rings. The number of hydrogen-bond donors (Lipinski definition) is 2. The van der Waals surface area contributed by atoms with E-state index in [1.165, 1.54) is 0 Å². The first-order valence-corrected chi connectivity index (χ1v) is 9.58. The monoisotopic (exact) mass is 380 g/mol. The summed E-state index contributed by atoms with van der Waals surface area (Å²) in [5.41, 5.74) is 3.17. The Balaban J connectivity index is 2.04. The summed E-state index contributed by atoms with van der Waals surface area (Å²) in [6, 6.07) is 14.0. The van der Waals surface area contributed by atoms with Crippen LogP contribution in [0.3, 0.4) is 0 Å². The van der Waals surface area contributed by atoms with Gasteiger partial charge in [0, 0.05) is 41.5 Å². The van der Waals surface area contributed by atoms with Crippen LogP contribution in [0.25, 0.3) is 10.9 Å². The first-order valence-electron chi connectivity index (χ1n) is 9.58. The van der Waals surface area contributed by atoms with Crippen molar-refractivity contribution in [1.29, 1.82) is 0 Å². The second kappa shape index (κ2) is 8.83. The molecule has 0 saturated heterocycles. The summed E-state index contributed by atoms with van der Waals surface area (Å²) in [4.78, 5) is 15.7. The molecule has 0 bridgehead atoms. The molecule has 5 nitrogen and oxygen atoms in total. The lowest BCUT2D eigenvalue weighted by atomic mass is 9.89. The fraction of sp³-hybridized carbons (Fsp3) is 0.348. The largest absolute Gasteiger partial charge is 0.493 e. The van der Waals surface area contributed by atoms with Crippen LogP contribution in [0.1, 0.15) is 37.3 Å². The second-order valence-electron chi connectivity index (χ2n) is 7.33. The minimum atomic E-state index is -0.0719. The van der Waals surface area contributed by atoms with Gasteiger partial charge in [0.15, 0.2) is 11.5 Å². The van der Waals surface area contributed by atoms with Gasteiger partial charge < -0.3 is 19.8 Å². The van der Waals surface area contributed by atoms with Crippen molar-refractivity contribution >= 4 is 16.8 Å². The molecule has 1 atom stereocenters. The van der Waals surface area contributed by atoms with Gasteiger partial charge in [-0.15, -0.1) is 0 Å². The van der Waals surface area contributed by atoms with Gasteiger partial charge in [-0.25, -0.2) is 0 Å². The average molecular weight is 380 g/mol. The van der Waals surface area contributed by atoms with E-state index in [2.05, 4.69) is 22.4 Å². The molecular weight excluding hydrogens is 352 g/mol. The Morgan fingerprint density at radius 2 is 1.82 bits per heavy atom. The Morgan fingerprint density at radius 1 is 1.04 bits per heavy atom. The van der Waals surface area contributed by atoms with E-state index in [1.54, 1.807) is 14.2 Å². The number of aromatic amines is 1. The maximum absolute atomic E-state index is 12.3. The lowest BCUT2D eigenvalue weighted by Gasteiger charge is -2.22. The third kappa shape index (κ3) is 4.14. The van der Waals surface area contributed by atoms with Crippen LogP contribution in [0.5, 0.6) is 11.5 Å². The van der Waals surface area contributed by atoms with Gasteiger partial charge in [-0.2, -0.15) is 0 Å². The van der Waals surface area contributed by atoms with Crippen molar-refractivity contribution in [2.24, 2.45) is 5.92 Å². The highest BCUT2D eigenvalue weighted by molar-refractivity contribution is 5.84. The zero-order valence-corrected chi connectivity index (χ0v) is 16.9. The van der Waals surface area contributed by atoms with E-state index < -0.39 is 0 Å². The van der Waals surface area contributed by atoms with Crippen LogP contribution in [0.2, 0.25) is 0 Å². The number of aromatic nitrogens is 1. The maximum Gasteiger partial charge on any atom is 0.220 e. The SMILES string of the molecule is COc1cccc([C@H](CNC(=O)CC(C)C)c2c[nH]c3ccccc23)c1OC. The highest BCUT2D eigenvalue weighted by Crippen LogP contribution is 2.40. The Bertz CT molecular complexity index is 946. The van der Waals surface area contributed by atoms with Gasteiger partial charge in [0.1, 0.15) is 0 Å². The molecule has 0 aliphatic rings. The van der Waals surface area contributed by atoms with Crippen molar-refractivity contribution < 1.29 is 14.3 Å². The topological polar surface area (TPSA) is 63.3 Å². The molecule has 5 heteroatoms. The van der Waals surface area contributed by atoms with E-state index in [0.717, 1.165) is 22.0 Å². The lowest BCUT2D eigenvalue weighted by Crippen LogP contribution is -2.29. The molecule has 3 aromatic rings. The summed E-state index contributed by atoms with van der Waals surface area (Å²) >= 11 is 0. The van der Waals surface area contributed by atoms with Crippen LogP contribution in [-0.2, 0) is 4.79 Å². The fourth-order valence-electron chi connectivity index (χ4n) is 3.61. The van der Waals surface area contributed by atoms with Gasteiger partial charge >= 0.3 is 0 Å². The number of benzene rings is 2. The highest BCUT2D eigenvalue weighted by Gasteiger charge is 2.24. The molecule has 0 saturated carbocycles. The predicted molar refractivity (Wildman–Crippen MR) is 112 cm³/mol. The van der Waals surface area contributed by atoms with Gasteiger partial charge in [-0.1, -0.05) is 44.2 Å². The number of methoxy groups -OCH3 is 2. The van der Waals surface area contributed by atoms with Crippen LogP contribution in [-0.4, -0.2) is 31.7 Å². The molecule has 1 aromatic heterocycles. The lowest BCUT2D eigenvalue weighted by molar-refractivity contribution is -0.121. The number of ether oxygens (including phenoxy) is 2. The van der Waals surface area contributed by atoms with Crippen molar-refractivity contribution in [2.75, 3.05) is 20.8 Å². The third-order valence-corrected chi connectivity index (χ3v) is 4.90. The molecule has 3 rings (SSSR count). The number of amides is 1. The summed E-state index contributed by atoms with van der Waals surface area (Å²) in [6.45, 7) is 4.57. The zero-order valence-electron chi connectivity index (χ0n) is 16.9. The quantitative estimate of drug-likeness (QED) is 0.606. The first-order chi connectivity index (χ1) is 13.5. The van der Waals surface area contributed by atoms with Gasteiger partial charge in [0.25, 0.3) is 0 Å². The molecule has 28 heavy (non-hydrogen) atoms. The molecule has 0 radical (unpaired) electrons. The van der Waals surface area contributed by atoms with Crippen molar-refractivity contribution in [3.05, 3.63) is 59.8 Å². The molecular formula is C23H28N2O3. The minimum Gasteiger partial charge on any atom is -0.493 e. The summed E-state index contributed by atoms with van der Waals surface area (Å²) in [5.74, 6) is 1.67. The van der Waals surface area contributed by atoms with Gasteiger partial charge in [0.05, 0.1) is 14.2 Å². The van der Waals surface area contributed by atoms with Crippen LogP contribution in [0.4, 0.5) is 0 Å². The van der Waals surface area contributed by atoms with Crippen molar-refractivity contribution in [1.82, 2.24) is 10.3 Å². The average Bonchev–Trinajstić information content (AvgIpc) is 3.11. The number of H-pyrrole nitrogens is 1. The molecule has 0 aliphatic carbocycles. The molecule has 0 aliphatic heterocycles. The Hall–Kier alpha value is -2.95. The van der Waals surface area contributed by atoms with E-state index in [0.29, 0.717) is 30.4 Å². The van der Waals surface area contributed by atoms with E-state index in [9.17, 15) is 4.79 Å². The molecule has 2 N–H and O–H groups in total. The molecule has 0 spiro atoms. The molecule has 148 valence electrons. The summed E-state index contributed by atoms with van der Waals surface area (Å²) < 4.78 is 11.2. The van der Waals surface area contributed by atoms with Crippen LogP contribution >= 0.6 is 0 Å². The Labute approximate surface area is 166 Å². The first kappa shape index (κ1) is 19.8. The molecule has 2 aromatic carbocycles. The second-order valence-corrected chi connectivity index (χ2v) is 7.33. The highest BCUT2D eigenvalue weighted by atomic mass is 16.5. The van der Waals surface area contributed by atoms with Crippen molar-refractivity contribution in [3.63, 3.8) is 0 Å². The van der Waals surface area contributed by atoms with E-state index >= 15 is 0 Å². The number of fused-ring (bicyclic) bond motifs is 1. The van der Waals surface area contributed by atoms with E-state index in [-0.39, 0.29) is 11.8 Å². The minimum absolute atomic E-state index is 0.0571. The number of rotatable bonds is 8. The van der Waals surface area contributed by atoms with Crippen molar-refractivity contribution in [3.8, 4) is 11.5 Å². The van der Waals surface area contributed by atoms with E-state index in [4.69, 9.17) is 9.47 Å². The third-order valence-electron chi connectivity index (χ3n) is 4.90. The van der Waals surface area contributed by atoms with Gasteiger partial charge in [0.2, 0.25) is 5.91 Å². The van der Waals surface area contributed by atoms with Gasteiger partial charge in [-0.05, 0) is 23.6 Å². The number of para-hydroxylation sites is 2. The maximum atomic E-state index is 12.3. The van der Waals surface area contributed by atoms with Crippen LogP contribution in [0, 0.1) is 5.92 Å². The van der Waals surface area contributed by atoms with E-state index in [1.807, 2.05) is 50.4 Å². The van der Waals surface area contributed by atoms with Crippen molar-refractivity contribution in [2.45, 2.75) is 26.2 Å². The summed E-state index contributed by atoms with van der Waals surface area (Å²) in [7, 11) is 3.28. The Kier molecular flexibility index (Phi) is 6.24. The van der Waals surface area contributed by atoms with Crippen LogP contribution < -0.4 is 14.8 Å². The molecule has 1 amide bonds. The fourth-order valence-corrected chi connectivity index (χ4v) is 3.61. The number of carbonyl (C=O) groups excluding carboxylic acids is 1.